The van der Waals surface area contributed by atoms with Crippen molar-refractivity contribution in [2.45, 2.75) is 34.6 Å². The van der Waals surface area contributed by atoms with Crippen molar-refractivity contribution in [1.29, 1.82) is 0 Å². The SMILES string of the molecule is Cc1ccc(-n2c(C)cc(/C=N\NC(=O)c3c(C)nc4sccn34)c2C)c(C)c1. The van der Waals surface area contributed by atoms with Crippen molar-refractivity contribution in [2.75, 3.05) is 0 Å². The lowest BCUT2D eigenvalue weighted by atomic mass is 10.1. The van der Waals surface area contributed by atoms with Gasteiger partial charge in [-0.2, -0.15) is 5.10 Å². The molecule has 3 aromatic heterocycles. The highest BCUT2D eigenvalue weighted by Gasteiger charge is 2.17. The van der Waals surface area contributed by atoms with Gasteiger partial charge in [0.1, 0.15) is 5.69 Å². The van der Waals surface area contributed by atoms with Crippen molar-refractivity contribution in [2.24, 2.45) is 5.10 Å². The molecule has 0 fully saturated rings. The lowest BCUT2D eigenvalue weighted by Crippen LogP contribution is -2.20. The Morgan fingerprint density at radius 2 is 1.97 bits per heavy atom. The molecule has 4 aromatic rings. The molecule has 3 heterocycles. The van der Waals surface area contributed by atoms with Gasteiger partial charge >= 0.3 is 0 Å². The number of nitrogens with one attached hydrogen (secondary N) is 1. The Morgan fingerprint density at radius 3 is 2.72 bits per heavy atom. The van der Waals surface area contributed by atoms with Crippen LogP contribution in [0.4, 0.5) is 0 Å². The quantitative estimate of drug-likeness (QED) is 0.402. The number of carbonyl (C=O) groups is 1. The third kappa shape index (κ3) is 3.38. The summed E-state index contributed by atoms with van der Waals surface area (Å²) in [6.45, 7) is 10.2. The van der Waals surface area contributed by atoms with E-state index in [9.17, 15) is 4.79 Å². The van der Waals surface area contributed by atoms with Gasteiger partial charge in [0.2, 0.25) is 0 Å². The lowest BCUT2D eigenvalue weighted by molar-refractivity contribution is 0.0948. The Hall–Kier alpha value is -3.19. The first-order valence-corrected chi connectivity index (χ1v) is 10.3. The highest BCUT2D eigenvalue weighted by Crippen LogP contribution is 2.23. The van der Waals surface area contributed by atoms with Crippen molar-refractivity contribution < 1.29 is 4.79 Å². The fraction of sp³-hybridized carbons (Fsp3) is 0.227. The molecule has 1 aromatic carbocycles. The molecule has 4 rings (SSSR count). The molecule has 0 saturated heterocycles. The number of thiazole rings is 1. The first-order chi connectivity index (χ1) is 13.9. The number of hydrogen-bond donors (Lipinski definition) is 1. The van der Waals surface area contributed by atoms with E-state index in [-0.39, 0.29) is 5.91 Å². The molecular weight excluding hydrogens is 382 g/mol. The van der Waals surface area contributed by atoms with Crippen LogP contribution in [0.15, 0.2) is 40.9 Å². The molecule has 6 nitrogen and oxygen atoms in total. The number of aromatic nitrogens is 3. The maximum atomic E-state index is 12.6. The van der Waals surface area contributed by atoms with Crippen molar-refractivity contribution in [3.05, 3.63) is 75.3 Å². The van der Waals surface area contributed by atoms with Gasteiger partial charge in [0.15, 0.2) is 4.96 Å². The summed E-state index contributed by atoms with van der Waals surface area (Å²) < 4.78 is 4.00. The maximum Gasteiger partial charge on any atom is 0.290 e. The summed E-state index contributed by atoms with van der Waals surface area (Å²) in [4.78, 5) is 17.8. The Labute approximate surface area is 173 Å². The van der Waals surface area contributed by atoms with Crippen LogP contribution in [0.25, 0.3) is 10.6 Å². The highest BCUT2D eigenvalue weighted by molar-refractivity contribution is 7.15. The zero-order valence-corrected chi connectivity index (χ0v) is 18.0. The Morgan fingerprint density at radius 1 is 1.17 bits per heavy atom. The zero-order valence-electron chi connectivity index (χ0n) is 17.1. The molecule has 0 spiro atoms. The fourth-order valence-corrected chi connectivity index (χ4v) is 4.49. The number of imidazole rings is 1. The molecule has 0 radical (unpaired) electrons. The summed E-state index contributed by atoms with van der Waals surface area (Å²) in [6, 6.07) is 8.52. The summed E-state index contributed by atoms with van der Waals surface area (Å²) in [5.74, 6) is -0.271. The Kier molecular flexibility index (Phi) is 4.84. The first kappa shape index (κ1) is 19.1. The van der Waals surface area contributed by atoms with E-state index in [1.165, 1.54) is 22.5 Å². The van der Waals surface area contributed by atoms with Crippen molar-refractivity contribution in [3.63, 3.8) is 0 Å². The van der Waals surface area contributed by atoms with Gasteiger partial charge < -0.3 is 4.57 Å². The van der Waals surface area contributed by atoms with Gasteiger partial charge in [0.25, 0.3) is 5.91 Å². The van der Waals surface area contributed by atoms with Gasteiger partial charge in [-0.05, 0) is 52.3 Å². The predicted octanol–water partition coefficient (Wildman–Crippen LogP) is 4.49. The Balaban J connectivity index is 1.59. The average Bonchev–Trinajstić information content (AvgIpc) is 3.29. The number of rotatable bonds is 4. The normalized spacial score (nSPS) is 11.6. The van der Waals surface area contributed by atoms with E-state index in [2.05, 4.69) is 72.0 Å². The summed E-state index contributed by atoms with van der Waals surface area (Å²) in [6.07, 6.45) is 3.54. The lowest BCUT2D eigenvalue weighted by Gasteiger charge is -2.13. The van der Waals surface area contributed by atoms with Crippen LogP contribution in [0.5, 0.6) is 0 Å². The van der Waals surface area contributed by atoms with E-state index in [0.29, 0.717) is 11.4 Å². The molecule has 1 N–H and O–H groups in total. The average molecular weight is 406 g/mol. The van der Waals surface area contributed by atoms with Crippen molar-refractivity contribution in [1.82, 2.24) is 19.4 Å². The van der Waals surface area contributed by atoms with E-state index in [1.807, 2.05) is 18.5 Å². The van der Waals surface area contributed by atoms with Gasteiger partial charge in [0.05, 0.1) is 11.9 Å². The number of amides is 1. The summed E-state index contributed by atoms with van der Waals surface area (Å²) >= 11 is 1.50. The Bertz CT molecular complexity index is 1260. The van der Waals surface area contributed by atoms with Gasteiger partial charge in [-0.3, -0.25) is 9.20 Å². The van der Waals surface area contributed by atoms with E-state index in [1.54, 1.807) is 10.6 Å². The van der Waals surface area contributed by atoms with Crippen LogP contribution in [0, 0.1) is 34.6 Å². The third-order valence-corrected chi connectivity index (χ3v) is 5.84. The monoisotopic (exact) mass is 405 g/mol. The highest BCUT2D eigenvalue weighted by atomic mass is 32.1. The molecule has 0 aliphatic carbocycles. The molecule has 29 heavy (non-hydrogen) atoms. The first-order valence-electron chi connectivity index (χ1n) is 9.39. The minimum Gasteiger partial charge on any atom is -0.318 e. The van der Waals surface area contributed by atoms with E-state index in [0.717, 1.165) is 27.6 Å². The van der Waals surface area contributed by atoms with Crippen LogP contribution >= 0.6 is 11.3 Å². The van der Waals surface area contributed by atoms with Gasteiger partial charge in [-0.25, -0.2) is 10.4 Å². The molecule has 148 valence electrons. The van der Waals surface area contributed by atoms with Crippen LogP contribution < -0.4 is 5.43 Å². The van der Waals surface area contributed by atoms with Gasteiger partial charge in [-0.15, -0.1) is 11.3 Å². The number of fused-ring (bicyclic) bond motifs is 1. The number of carbonyl (C=O) groups excluding carboxylic acids is 1. The molecule has 1 amide bonds. The summed E-state index contributed by atoms with van der Waals surface area (Å²) in [5, 5.41) is 6.11. The standard InChI is InChI=1S/C22H23N5OS/c1-13-6-7-19(14(2)10-13)27-15(3)11-18(17(27)5)12-23-25-21(28)20-16(4)24-22-26(20)8-9-29-22/h6-12H,1-5H3,(H,25,28)/b23-12-. The van der Waals surface area contributed by atoms with Gasteiger partial charge in [0, 0.05) is 34.2 Å². The molecule has 0 aliphatic heterocycles. The van der Waals surface area contributed by atoms with Crippen LogP contribution in [0.1, 0.15) is 44.3 Å². The van der Waals surface area contributed by atoms with Crippen molar-refractivity contribution in [3.8, 4) is 5.69 Å². The second kappa shape index (κ2) is 7.33. The topological polar surface area (TPSA) is 63.7 Å². The maximum absolute atomic E-state index is 12.6. The van der Waals surface area contributed by atoms with Crippen LogP contribution in [0.3, 0.4) is 0 Å². The number of nitrogens with zero attached hydrogens (tertiary/aromatic N) is 4. The minimum absolute atomic E-state index is 0.271. The van der Waals surface area contributed by atoms with Crippen LogP contribution in [0.2, 0.25) is 0 Å². The van der Waals surface area contributed by atoms with Crippen molar-refractivity contribution >= 4 is 28.4 Å². The minimum atomic E-state index is -0.271. The molecule has 0 saturated carbocycles. The van der Waals surface area contributed by atoms with Crippen LogP contribution in [-0.2, 0) is 0 Å². The molecule has 0 bridgehead atoms. The third-order valence-electron chi connectivity index (χ3n) is 5.08. The molecule has 0 aliphatic rings. The van der Waals surface area contributed by atoms with E-state index < -0.39 is 0 Å². The van der Waals surface area contributed by atoms with E-state index >= 15 is 0 Å². The predicted molar refractivity (Wildman–Crippen MR) is 118 cm³/mol. The fourth-order valence-electron chi connectivity index (χ4n) is 3.73. The van der Waals surface area contributed by atoms with Crippen LogP contribution in [-0.4, -0.2) is 26.1 Å². The second-order valence-corrected chi connectivity index (χ2v) is 8.13. The smallest absolute Gasteiger partial charge is 0.290 e. The number of hydrogen-bond acceptors (Lipinski definition) is 4. The van der Waals surface area contributed by atoms with E-state index in [4.69, 9.17) is 0 Å². The molecule has 7 heteroatoms. The molecule has 0 atom stereocenters. The largest absolute Gasteiger partial charge is 0.318 e. The zero-order chi connectivity index (χ0) is 20.7. The number of aryl methyl sites for hydroxylation is 4. The second-order valence-electron chi connectivity index (χ2n) is 7.25. The number of hydrazone groups is 1. The number of benzene rings is 1. The molecular formula is C22H23N5OS. The summed E-state index contributed by atoms with van der Waals surface area (Å²) in [5.41, 5.74) is 10.6. The summed E-state index contributed by atoms with van der Waals surface area (Å²) in [7, 11) is 0. The van der Waals surface area contributed by atoms with Gasteiger partial charge in [-0.1, -0.05) is 17.7 Å². The molecule has 0 unspecified atom stereocenters.